The predicted octanol–water partition coefficient (Wildman–Crippen LogP) is 3.75. The smallest absolute Gasteiger partial charge is 0.377 e. The fourth-order valence-electron chi connectivity index (χ4n) is 4.73. The molecule has 14 heteroatoms. The van der Waals surface area contributed by atoms with E-state index >= 15 is 0 Å². The van der Waals surface area contributed by atoms with Crippen molar-refractivity contribution in [3.05, 3.63) is 0 Å². The van der Waals surface area contributed by atoms with Crippen LogP contribution in [0.1, 0.15) is 52.4 Å². The highest BCUT2D eigenvalue weighted by Crippen LogP contribution is 2.49. The average molecular weight is 531 g/mol. The van der Waals surface area contributed by atoms with Gasteiger partial charge in [0, 0.05) is 12.6 Å². The van der Waals surface area contributed by atoms with Gasteiger partial charge in [-0.05, 0) is 50.4 Å². The summed E-state index contributed by atoms with van der Waals surface area (Å²) in [6.07, 6.45) is -6.54. The highest BCUT2D eigenvalue weighted by molar-refractivity contribution is 7.88. The summed E-state index contributed by atoms with van der Waals surface area (Å²) in [7, 11) is -3.88. The summed E-state index contributed by atoms with van der Waals surface area (Å²) in [5.74, 6) is -11.4. The zero-order chi connectivity index (χ0) is 26.1. The van der Waals surface area contributed by atoms with Gasteiger partial charge in [-0.3, -0.25) is 4.90 Å². The second-order valence-corrected chi connectivity index (χ2v) is 11.4. The summed E-state index contributed by atoms with van der Waals surface area (Å²) in [5.41, 5.74) is 0. The Morgan fingerprint density at radius 1 is 1.03 bits per heavy atom. The lowest BCUT2D eigenvalue weighted by molar-refractivity contribution is -0.384. The Balaban J connectivity index is 2.24. The molecule has 0 spiro atoms. The van der Waals surface area contributed by atoms with Gasteiger partial charge in [-0.15, -0.1) is 0 Å². The number of aliphatic hydroxyl groups is 1. The van der Waals surface area contributed by atoms with Crippen molar-refractivity contribution in [1.82, 2.24) is 9.62 Å². The van der Waals surface area contributed by atoms with Crippen molar-refractivity contribution in [2.24, 2.45) is 11.8 Å². The summed E-state index contributed by atoms with van der Waals surface area (Å²) < 4.78 is 125. The zero-order valence-electron chi connectivity index (χ0n) is 19.3. The number of rotatable bonds is 9. The molecule has 1 aliphatic carbocycles. The second-order valence-electron chi connectivity index (χ2n) is 9.63. The zero-order valence-corrected chi connectivity index (χ0v) is 20.1. The molecular formula is C20H33F7N2O4S. The summed E-state index contributed by atoms with van der Waals surface area (Å²) in [5, 5.41) is 10.1. The van der Waals surface area contributed by atoms with E-state index in [2.05, 4.69) is 18.6 Å². The van der Waals surface area contributed by atoms with Crippen LogP contribution in [0.15, 0.2) is 0 Å². The molecule has 1 saturated carbocycles. The monoisotopic (exact) mass is 530 g/mol. The standard InChI is InChI=1S/C20H33F7N2O4S/c1-12(2)13-6-8-14(9-7-13)33-11-16-15(28-34(3,31)32)5-4-10-29(16)17(30)18(21,22)19(23,24)20(25,26)27/h12-17,28,30H,4-11H2,1-3H3/t13-,14+,15-,16-,17?/m0/s1. The summed E-state index contributed by atoms with van der Waals surface area (Å²) in [6, 6.07) is -2.50. The van der Waals surface area contributed by atoms with E-state index in [4.69, 9.17) is 4.74 Å². The molecule has 2 rings (SSSR count). The maximum atomic E-state index is 14.3. The van der Waals surface area contributed by atoms with E-state index in [9.17, 15) is 44.3 Å². The number of piperidine rings is 1. The van der Waals surface area contributed by atoms with Crippen LogP contribution in [0, 0.1) is 11.8 Å². The van der Waals surface area contributed by atoms with E-state index in [1.165, 1.54) is 0 Å². The van der Waals surface area contributed by atoms with E-state index < -0.39 is 59.5 Å². The molecule has 2 N–H and O–H groups in total. The molecule has 2 fully saturated rings. The Hall–Kier alpha value is -0.700. The van der Waals surface area contributed by atoms with Gasteiger partial charge in [0.05, 0.1) is 25.0 Å². The normalized spacial score (nSPS) is 29.4. The van der Waals surface area contributed by atoms with Crippen LogP contribution in [-0.2, 0) is 14.8 Å². The van der Waals surface area contributed by atoms with Crippen LogP contribution in [0.25, 0.3) is 0 Å². The average Bonchev–Trinajstić information content (AvgIpc) is 2.70. The van der Waals surface area contributed by atoms with Gasteiger partial charge in [0.25, 0.3) is 0 Å². The lowest BCUT2D eigenvalue weighted by atomic mass is 9.80. The van der Waals surface area contributed by atoms with Gasteiger partial charge in [-0.2, -0.15) is 30.7 Å². The number of aliphatic hydroxyl groups excluding tert-OH is 1. The fraction of sp³-hybridized carbons (Fsp3) is 1.00. The first-order valence-corrected chi connectivity index (χ1v) is 13.1. The van der Waals surface area contributed by atoms with Gasteiger partial charge in [-0.1, -0.05) is 13.8 Å². The van der Waals surface area contributed by atoms with Crippen LogP contribution < -0.4 is 4.72 Å². The van der Waals surface area contributed by atoms with E-state index in [1.54, 1.807) is 0 Å². The number of nitrogens with zero attached hydrogens (tertiary/aromatic N) is 1. The molecular weight excluding hydrogens is 497 g/mol. The quantitative estimate of drug-likeness (QED) is 0.444. The minimum absolute atomic E-state index is 0.0199. The molecule has 34 heavy (non-hydrogen) atoms. The highest BCUT2D eigenvalue weighted by atomic mass is 32.2. The van der Waals surface area contributed by atoms with Crippen LogP contribution in [-0.4, -0.2) is 80.3 Å². The van der Waals surface area contributed by atoms with E-state index in [-0.39, 0.29) is 18.9 Å². The maximum Gasteiger partial charge on any atom is 0.460 e. The van der Waals surface area contributed by atoms with Crippen LogP contribution in [0.4, 0.5) is 30.7 Å². The van der Waals surface area contributed by atoms with Gasteiger partial charge in [0.1, 0.15) is 0 Å². The predicted molar refractivity (Wildman–Crippen MR) is 110 cm³/mol. The van der Waals surface area contributed by atoms with Crippen LogP contribution in [0.2, 0.25) is 0 Å². The van der Waals surface area contributed by atoms with E-state index in [0.717, 1.165) is 19.1 Å². The fourth-order valence-corrected chi connectivity index (χ4v) is 5.55. The van der Waals surface area contributed by atoms with Crippen molar-refractivity contribution in [1.29, 1.82) is 0 Å². The Kier molecular flexibility index (Phi) is 9.32. The van der Waals surface area contributed by atoms with Gasteiger partial charge in [0.2, 0.25) is 10.0 Å². The third kappa shape index (κ3) is 6.74. The molecule has 3 atom stereocenters. The Labute approximate surface area is 195 Å². The molecule has 0 aromatic heterocycles. The Morgan fingerprint density at radius 2 is 1.59 bits per heavy atom. The third-order valence-electron chi connectivity index (χ3n) is 6.76. The number of alkyl halides is 7. The number of nitrogens with one attached hydrogen (secondary N) is 1. The number of hydrogen-bond donors (Lipinski definition) is 2. The Bertz CT molecular complexity index is 771. The van der Waals surface area contributed by atoms with Gasteiger partial charge < -0.3 is 9.84 Å². The molecule has 1 heterocycles. The van der Waals surface area contributed by atoms with Crippen molar-refractivity contribution in [3.8, 4) is 0 Å². The number of sulfonamides is 1. The molecule has 1 unspecified atom stereocenters. The lowest BCUT2D eigenvalue weighted by Gasteiger charge is -2.46. The first kappa shape index (κ1) is 29.5. The number of halogens is 7. The lowest BCUT2D eigenvalue weighted by Crippen LogP contribution is -2.68. The van der Waals surface area contributed by atoms with E-state index in [0.29, 0.717) is 29.6 Å². The van der Waals surface area contributed by atoms with Gasteiger partial charge in [-0.25, -0.2) is 13.1 Å². The largest absolute Gasteiger partial charge is 0.460 e. The minimum Gasteiger partial charge on any atom is -0.377 e. The molecule has 0 aromatic rings. The van der Waals surface area contributed by atoms with Gasteiger partial charge in [0.15, 0.2) is 6.23 Å². The summed E-state index contributed by atoms with van der Waals surface area (Å²) in [6.45, 7) is 3.31. The minimum atomic E-state index is -6.60. The van der Waals surface area contributed by atoms with Crippen molar-refractivity contribution in [3.63, 3.8) is 0 Å². The van der Waals surface area contributed by atoms with Crippen LogP contribution >= 0.6 is 0 Å². The van der Waals surface area contributed by atoms with Crippen molar-refractivity contribution in [2.75, 3.05) is 19.4 Å². The second kappa shape index (κ2) is 10.7. The third-order valence-corrected chi connectivity index (χ3v) is 7.50. The first-order chi connectivity index (χ1) is 15.4. The van der Waals surface area contributed by atoms with Crippen LogP contribution in [0.5, 0.6) is 0 Å². The van der Waals surface area contributed by atoms with Crippen molar-refractivity contribution < 1.29 is 49.0 Å². The molecule has 1 saturated heterocycles. The molecule has 1 aliphatic heterocycles. The molecule has 0 aromatic carbocycles. The molecule has 6 nitrogen and oxygen atoms in total. The Morgan fingerprint density at radius 3 is 2.06 bits per heavy atom. The van der Waals surface area contributed by atoms with Gasteiger partial charge >= 0.3 is 18.0 Å². The summed E-state index contributed by atoms with van der Waals surface area (Å²) >= 11 is 0. The van der Waals surface area contributed by atoms with Crippen molar-refractivity contribution in [2.45, 2.75) is 94.8 Å². The number of likely N-dealkylation sites (tertiary alicyclic amines) is 1. The first-order valence-electron chi connectivity index (χ1n) is 11.2. The molecule has 0 bridgehead atoms. The number of hydrogen-bond acceptors (Lipinski definition) is 5. The van der Waals surface area contributed by atoms with E-state index in [1.807, 2.05) is 0 Å². The van der Waals surface area contributed by atoms with Crippen molar-refractivity contribution >= 4 is 10.0 Å². The summed E-state index contributed by atoms with van der Waals surface area (Å²) in [4.78, 5) is 0.395. The maximum absolute atomic E-state index is 14.3. The van der Waals surface area contributed by atoms with Crippen LogP contribution in [0.3, 0.4) is 0 Å². The number of ether oxygens (including phenoxy) is 1. The molecule has 202 valence electrons. The molecule has 2 aliphatic rings. The molecule has 0 amide bonds. The topological polar surface area (TPSA) is 78.9 Å². The molecule has 0 radical (unpaired) electrons. The SMILES string of the molecule is CC(C)[C@H]1CC[C@@H](OC[C@H]2[C@@H](NS(C)(=O)=O)CCCN2C(O)C(F)(F)C(F)(F)C(F)(F)F)CC1. The highest BCUT2D eigenvalue weighted by Gasteiger charge is 2.76.